The summed E-state index contributed by atoms with van der Waals surface area (Å²) in [4.78, 5) is 32.1. The molecule has 15 heteroatoms. The first kappa shape index (κ1) is 35.0. The van der Waals surface area contributed by atoms with Crippen LogP contribution < -0.4 is 10.6 Å². The summed E-state index contributed by atoms with van der Waals surface area (Å²) < 4.78 is 28.3. The van der Waals surface area contributed by atoms with Gasteiger partial charge in [0.05, 0.1) is 41.4 Å². The lowest BCUT2D eigenvalue weighted by atomic mass is 10.0. The van der Waals surface area contributed by atoms with Gasteiger partial charge >= 0.3 is 12.1 Å². The molecular weight excluding hydrogens is 692 g/mol. The van der Waals surface area contributed by atoms with E-state index in [1.165, 1.54) is 30.5 Å². The van der Waals surface area contributed by atoms with Gasteiger partial charge in [0, 0.05) is 65.8 Å². The summed E-state index contributed by atoms with van der Waals surface area (Å²) in [6.45, 7) is 1.71. The third-order valence-corrected chi connectivity index (χ3v) is 9.13. The highest BCUT2D eigenvalue weighted by molar-refractivity contribution is 5.90. The van der Waals surface area contributed by atoms with Crippen LogP contribution in [0.15, 0.2) is 91.1 Å². The van der Waals surface area contributed by atoms with Crippen LogP contribution >= 0.6 is 0 Å². The highest BCUT2D eigenvalue weighted by Crippen LogP contribution is 2.30. The van der Waals surface area contributed by atoms with Crippen LogP contribution in [0.3, 0.4) is 0 Å². The zero-order valence-electron chi connectivity index (χ0n) is 28.6. The second-order valence-corrected chi connectivity index (χ2v) is 12.4. The standard InChI is InChI=1S/C20H16FN5O.C19H15FN6O/c21-18-14(11-22)7-4-8-17(18)23-20(27)26-10-9-16-15(12-26)19(25-24-16)13-5-2-1-3-6-13;20-17-15(6-8-22-16(17)10-21)23-19(27)26-9-7-14-13(11-26)18(25-24-14)12-4-2-1-3-5-12/h1-8H,9-10,12H2,(H,23,27)(H,24,25);1-6,8H,7,9,11H2,(H,24,25)(H,22,23,27). The largest absolute Gasteiger partial charge is 0.322 e. The Labute approximate surface area is 307 Å². The second-order valence-electron chi connectivity index (χ2n) is 12.4. The summed E-state index contributed by atoms with van der Waals surface area (Å²) >= 11 is 0. The summed E-state index contributed by atoms with van der Waals surface area (Å²) in [6, 6.07) is 27.7. The molecule has 4 N–H and O–H groups in total. The SMILES string of the molecule is N#Cc1cccc(NC(=O)N2CCc3[nH]nc(-c4ccccc4)c3C2)c1F.N#Cc1nccc(NC(=O)N2CCc3[nH]nc(-c4ccccc4)c3C2)c1F. The van der Waals surface area contributed by atoms with Gasteiger partial charge in [0.25, 0.3) is 0 Å². The number of fused-ring (bicyclic) bond motifs is 2. The maximum atomic E-state index is 14.2. The third kappa shape index (κ3) is 7.19. The van der Waals surface area contributed by atoms with Crippen LogP contribution in [-0.4, -0.2) is 60.3 Å². The smallest absolute Gasteiger partial charge is 0.320 e. The first-order valence-electron chi connectivity index (χ1n) is 16.9. The molecular formula is C39H31F2N11O2. The van der Waals surface area contributed by atoms with Gasteiger partial charge in [-0.05, 0) is 18.2 Å². The quantitative estimate of drug-likeness (QED) is 0.155. The van der Waals surface area contributed by atoms with Crippen LogP contribution in [0.25, 0.3) is 22.5 Å². The number of hydrogen-bond acceptors (Lipinski definition) is 7. The predicted octanol–water partition coefficient (Wildman–Crippen LogP) is 6.75. The Kier molecular flexibility index (Phi) is 10.0. The number of halogens is 2. The molecule has 0 atom stereocenters. The summed E-state index contributed by atoms with van der Waals surface area (Å²) in [5.74, 6) is -1.56. The van der Waals surface area contributed by atoms with Gasteiger partial charge in [-0.15, -0.1) is 0 Å². The topological polar surface area (TPSA) is 183 Å². The Bertz CT molecular complexity index is 2250. The normalized spacial score (nSPS) is 13.0. The summed E-state index contributed by atoms with van der Waals surface area (Å²) in [7, 11) is 0. The highest BCUT2D eigenvalue weighted by atomic mass is 19.1. The Morgan fingerprint density at radius 3 is 1.69 bits per heavy atom. The average Bonchev–Trinajstić information content (AvgIpc) is 3.84. The minimum atomic E-state index is -0.834. The van der Waals surface area contributed by atoms with Crippen LogP contribution in [-0.2, 0) is 25.9 Å². The van der Waals surface area contributed by atoms with Gasteiger partial charge in [0.1, 0.15) is 12.1 Å². The van der Waals surface area contributed by atoms with Crippen molar-refractivity contribution in [3.8, 4) is 34.7 Å². The minimum absolute atomic E-state index is 0.000299. The minimum Gasteiger partial charge on any atom is -0.320 e. The molecule has 5 heterocycles. The number of amides is 4. The molecule has 8 rings (SSSR count). The maximum absolute atomic E-state index is 14.2. The van der Waals surface area contributed by atoms with E-state index in [9.17, 15) is 18.4 Å². The average molecular weight is 724 g/mol. The molecule has 2 aliphatic rings. The van der Waals surface area contributed by atoms with Crippen molar-refractivity contribution in [2.45, 2.75) is 25.9 Å². The van der Waals surface area contributed by atoms with Crippen molar-refractivity contribution in [1.82, 2.24) is 35.2 Å². The van der Waals surface area contributed by atoms with Crippen LogP contribution in [0, 0.1) is 34.3 Å². The van der Waals surface area contributed by atoms with Gasteiger partial charge in [-0.25, -0.2) is 23.4 Å². The fraction of sp³-hybridized carbons (Fsp3) is 0.154. The van der Waals surface area contributed by atoms with Gasteiger partial charge in [-0.2, -0.15) is 20.7 Å². The molecule has 268 valence electrons. The van der Waals surface area contributed by atoms with Crippen LogP contribution in [0.4, 0.5) is 29.7 Å². The number of H-pyrrole nitrogens is 2. The highest BCUT2D eigenvalue weighted by Gasteiger charge is 2.28. The summed E-state index contributed by atoms with van der Waals surface area (Å²) in [6.07, 6.45) is 2.56. The van der Waals surface area contributed by atoms with Crippen LogP contribution in [0.5, 0.6) is 0 Å². The fourth-order valence-electron chi connectivity index (χ4n) is 6.33. The number of benzene rings is 3. The number of carbonyl (C=O) groups excluding carboxylic acids is 2. The molecule has 0 aliphatic carbocycles. The first-order valence-corrected chi connectivity index (χ1v) is 16.9. The zero-order chi connectivity index (χ0) is 37.6. The zero-order valence-corrected chi connectivity index (χ0v) is 28.6. The molecule has 4 amide bonds. The van der Waals surface area contributed by atoms with Gasteiger partial charge in [-0.3, -0.25) is 10.2 Å². The van der Waals surface area contributed by atoms with Crippen molar-refractivity contribution in [3.05, 3.63) is 137 Å². The first-order chi connectivity index (χ1) is 26.3. The van der Waals surface area contributed by atoms with Crippen molar-refractivity contribution in [2.75, 3.05) is 23.7 Å². The molecule has 13 nitrogen and oxygen atoms in total. The second kappa shape index (κ2) is 15.5. The van der Waals surface area contributed by atoms with Crippen molar-refractivity contribution in [2.24, 2.45) is 0 Å². The molecule has 0 spiro atoms. The van der Waals surface area contributed by atoms with Crippen LogP contribution in [0.2, 0.25) is 0 Å². The molecule has 3 aromatic carbocycles. The van der Waals surface area contributed by atoms with E-state index in [4.69, 9.17) is 10.5 Å². The number of nitrogens with one attached hydrogen (secondary N) is 4. The van der Waals surface area contributed by atoms with Crippen molar-refractivity contribution >= 4 is 23.4 Å². The van der Waals surface area contributed by atoms with Crippen molar-refractivity contribution in [1.29, 1.82) is 10.5 Å². The molecule has 0 saturated heterocycles. The van der Waals surface area contributed by atoms with E-state index in [-0.39, 0.29) is 22.6 Å². The molecule has 2 aliphatic heterocycles. The van der Waals surface area contributed by atoms with E-state index in [1.807, 2.05) is 60.7 Å². The monoisotopic (exact) mass is 723 g/mol. The maximum Gasteiger partial charge on any atom is 0.322 e. The molecule has 6 aromatic rings. The van der Waals surface area contributed by atoms with Gasteiger partial charge < -0.3 is 20.4 Å². The number of pyridine rings is 1. The molecule has 0 saturated carbocycles. The van der Waals surface area contributed by atoms with E-state index in [2.05, 4.69) is 36.0 Å². The van der Waals surface area contributed by atoms with E-state index < -0.39 is 23.7 Å². The number of urea groups is 2. The number of anilines is 2. The van der Waals surface area contributed by atoms with Gasteiger partial charge in [0.2, 0.25) is 0 Å². The number of carbonyl (C=O) groups is 2. The molecule has 0 fully saturated rings. The van der Waals surface area contributed by atoms with Crippen molar-refractivity contribution < 1.29 is 18.4 Å². The van der Waals surface area contributed by atoms with E-state index >= 15 is 0 Å². The number of nitriles is 2. The lowest BCUT2D eigenvalue weighted by molar-refractivity contribution is 0.205. The van der Waals surface area contributed by atoms with E-state index in [1.54, 1.807) is 21.9 Å². The number of aromatic amines is 2. The molecule has 54 heavy (non-hydrogen) atoms. The lowest BCUT2D eigenvalue weighted by Gasteiger charge is -2.27. The third-order valence-electron chi connectivity index (χ3n) is 9.13. The van der Waals surface area contributed by atoms with Gasteiger partial charge in [-0.1, -0.05) is 66.7 Å². The number of aromatic nitrogens is 5. The van der Waals surface area contributed by atoms with Crippen molar-refractivity contribution in [3.63, 3.8) is 0 Å². The molecule has 0 bridgehead atoms. The molecule has 0 radical (unpaired) electrons. The predicted molar refractivity (Wildman–Crippen MR) is 194 cm³/mol. The number of nitrogens with zero attached hydrogens (tertiary/aromatic N) is 7. The Morgan fingerprint density at radius 1 is 0.667 bits per heavy atom. The lowest BCUT2D eigenvalue weighted by Crippen LogP contribution is -2.39. The van der Waals surface area contributed by atoms with Crippen LogP contribution in [0.1, 0.15) is 33.8 Å². The molecule has 0 unspecified atom stereocenters. The number of rotatable bonds is 4. The summed E-state index contributed by atoms with van der Waals surface area (Å²) in [5.41, 5.74) is 6.99. The fourth-order valence-corrected chi connectivity index (χ4v) is 6.33. The van der Waals surface area contributed by atoms with Gasteiger partial charge in [0.15, 0.2) is 17.3 Å². The summed E-state index contributed by atoms with van der Waals surface area (Å²) in [5, 5.41) is 37.8. The number of hydrogen-bond donors (Lipinski definition) is 4. The Balaban J connectivity index is 0.000000167. The Hall–Kier alpha value is -7.39. The Morgan fingerprint density at radius 2 is 1.19 bits per heavy atom. The van der Waals surface area contributed by atoms with E-state index in [0.29, 0.717) is 39.0 Å². The molecule has 3 aromatic heterocycles. The van der Waals surface area contributed by atoms with E-state index in [0.717, 1.165) is 45.0 Å².